The fraction of sp³-hybridized carbons (Fsp3) is 0.286. The summed E-state index contributed by atoms with van der Waals surface area (Å²) in [5.74, 6) is -7.43. The van der Waals surface area contributed by atoms with Crippen LogP contribution in [0.1, 0.15) is 25.7 Å². The lowest BCUT2D eigenvalue weighted by Gasteiger charge is -2.46. The summed E-state index contributed by atoms with van der Waals surface area (Å²) in [6.07, 6.45) is -9.79. The molecular weight excluding hydrogens is 591 g/mol. The summed E-state index contributed by atoms with van der Waals surface area (Å²) in [4.78, 5) is 26.2. The molecule has 0 aromatic heterocycles. The van der Waals surface area contributed by atoms with Gasteiger partial charge in [-0.25, -0.2) is 0 Å². The van der Waals surface area contributed by atoms with E-state index in [0.29, 0.717) is 0 Å². The van der Waals surface area contributed by atoms with Crippen molar-refractivity contribution in [2.45, 2.75) is 51.8 Å². The monoisotopic (exact) mass is 616 g/mol. The van der Waals surface area contributed by atoms with Crippen molar-refractivity contribution in [2.75, 3.05) is 0 Å². The Balaban J connectivity index is 0.000000227. The van der Waals surface area contributed by atoms with Crippen molar-refractivity contribution in [1.29, 1.82) is 0 Å². The number of rotatable bonds is 7. The third kappa shape index (κ3) is 7.32. The molecule has 13 heteroatoms. The number of ketones is 1. The maximum atomic E-state index is 13.6. The highest BCUT2D eigenvalue weighted by molar-refractivity contribution is 7.97. The normalized spacial score (nSPS) is 16.4. The van der Waals surface area contributed by atoms with E-state index in [9.17, 15) is 45.1 Å². The smallest absolute Gasteiger partial charge is 0.399 e. The van der Waals surface area contributed by atoms with Crippen molar-refractivity contribution in [3.8, 4) is 0 Å². The first-order valence-corrected chi connectivity index (χ1v) is 14.8. The van der Waals surface area contributed by atoms with Crippen LogP contribution in [0.15, 0.2) is 106 Å². The molecule has 0 heterocycles. The minimum absolute atomic E-state index is 0.0146. The van der Waals surface area contributed by atoms with Crippen LogP contribution < -0.4 is 5.11 Å². The fourth-order valence-corrected chi connectivity index (χ4v) is 7.40. The van der Waals surface area contributed by atoms with Crippen LogP contribution in [0.25, 0.3) is 0 Å². The quantitative estimate of drug-likeness (QED) is 0.219. The molecular formula is C28H25F5O6S2. The van der Waals surface area contributed by atoms with Gasteiger partial charge < -0.3 is 9.90 Å². The lowest BCUT2D eigenvalue weighted by molar-refractivity contribution is -0.340. The molecule has 1 atom stereocenters. The number of alkyl halides is 5. The van der Waals surface area contributed by atoms with Gasteiger partial charge in [-0.05, 0) is 49.2 Å². The Morgan fingerprint density at radius 2 is 1.12 bits per heavy atom. The molecule has 4 rings (SSSR count). The average molecular weight is 617 g/mol. The number of carboxylic acids is 1. The third-order valence-corrected chi connectivity index (χ3v) is 9.76. The predicted octanol–water partition coefficient (Wildman–Crippen LogP) is 5.31. The molecule has 1 aliphatic carbocycles. The van der Waals surface area contributed by atoms with E-state index in [1.165, 1.54) is 14.7 Å². The second-order valence-electron chi connectivity index (χ2n) is 9.24. The number of carbonyl (C=O) groups is 2. The van der Waals surface area contributed by atoms with Gasteiger partial charge in [0.05, 0.1) is 10.9 Å². The van der Waals surface area contributed by atoms with Gasteiger partial charge in [0.25, 0.3) is 0 Å². The number of hydrogen-bond donors (Lipinski definition) is 1. The molecule has 3 aromatic rings. The zero-order chi connectivity index (χ0) is 30.5. The van der Waals surface area contributed by atoms with Gasteiger partial charge in [0.1, 0.15) is 11.7 Å². The number of Topliss-reactive ketones (excluding diaryl/α,β-unsaturated/α-hetero) is 1. The van der Waals surface area contributed by atoms with Crippen LogP contribution in [-0.4, -0.2) is 36.2 Å². The van der Waals surface area contributed by atoms with Crippen LogP contribution in [0.5, 0.6) is 0 Å². The van der Waals surface area contributed by atoms with Gasteiger partial charge in [0.15, 0.2) is 14.7 Å². The van der Waals surface area contributed by atoms with E-state index in [4.69, 9.17) is 4.55 Å². The minimum Gasteiger partial charge on any atom is -0.550 e. The number of carbonyl (C=O) groups excluding carboxylic acids is 2. The molecule has 220 valence electrons. The lowest BCUT2D eigenvalue weighted by atomic mass is 9.65. The zero-order valence-electron chi connectivity index (χ0n) is 21.3. The molecule has 0 saturated heterocycles. The maximum Gasteiger partial charge on any atom is 0.399 e. The molecule has 3 aromatic carbocycles. The molecule has 1 N–H and O–H groups in total. The van der Waals surface area contributed by atoms with Gasteiger partial charge in [0, 0.05) is 24.2 Å². The largest absolute Gasteiger partial charge is 0.550 e. The maximum absolute atomic E-state index is 13.6. The van der Waals surface area contributed by atoms with Gasteiger partial charge in [-0.15, -0.1) is 0 Å². The first kappa shape index (κ1) is 32.2. The molecule has 1 fully saturated rings. The molecule has 0 radical (unpaired) electrons. The van der Waals surface area contributed by atoms with Crippen LogP contribution in [0.2, 0.25) is 0 Å². The predicted molar refractivity (Wildman–Crippen MR) is 138 cm³/mol. The molecule has 1 saturated carbocycles. The summed E-state index contributed by atoms with van der Waals surface area (Å²) in [6.45, 7) is 0. The van der Waals surface area contributed by atoms with E-state index in [1.54, 1.807) is 0 Å². The Morgan fingerprint density at radius 3 is 1.39 bits per heavy atom. The number of hydrogen-bond acceptors (Lipinski definition) is 5. The first-order valence-electron chi connectivity index (χ1n) is 12.2. The summed E-state index contributed by atoms with van der Waals surface area (Å²) < 4.78 is 96.0. The van der Waals surface area contributed by atoms with Crippen molar-refractivity contribution >= 4 is 32.8 Å². The molecule has 6 nitrogen and oxygen atoms in total. The van der Waals surface area contributed by atoms with Crippen LogP contribution in [0.3, 0.4) is 0 Å². The summed E-state index contributed by atoms with van der Waals surface area (Å²) in [5, 5.41) is 5.31. The second-order valence-corrected chi connectivity index (χ2v) is 12.8. The number of aliphatic carboxylic acids is 1. The Morgan fingerprint density at radius 1 is 0.780 bits per heavy atom. The van der Waals surface area contributed by atoms with Crippen molar-refractivity contribution in [3.63, 3.8) is 0 Å². The summed E-state index contributed by atoms with van der Waals surface area (Å²) in [7, 11) is -6.56. The molecule has 1 unspecified atom stereocenters. The van der Waals surface area contributed by atoms with E-state index < -0.39 is 70.3 Å². The average Bonchev–Trinajstić information content (AvgIpc) is 2.91. The van der Waals surface area contributed by atoms with Crippen molar-refractivity contribution < 1.29 is 49.6 Å². The first-order chi connectivity index (χ1) is 19.1. The van der Waals surface area contributed by atoms with Crippen LogP contribution in [0, 0.1) is 11.3 Å². The van der Waals surface area contributed by atoms with Gasteiger partial charge in [0.2, 0.25) is 0 Å². The van der Waals surface area contributed by atoms with E-state index in [1.807, 2.05) is 0 Å². The Labute approximate surface area is 236 Å². The standard InChI is InChI=1S/C18H15S.C10H11F5O6S/c1-4-10-16(11-5-1)19(17-12-6-2-7-13-17)18-14-8-3-9-15-18;11-9(12,13)6(10(14,15)22(19,20)21)8(7(17)18)3-1-5(16)2-4-8/h1-15H;6H,1-4H2,(H,17,18)(H,19,20,21)/q+1;/p-1. The van der Waals surface area contributed by atoms with Gasteiger partial charge in [-0.3, -0.25) is 9.35 Å². The fourth-order valence-electron chi connectivity index (χ4n) is 4.64. The summed E-state index contributed by atoms with van der Waals surface area (Å²) in [6, 6.07) is 32.2. The minimum atomic E-state index is -6.55. The summed E-state index contributed by atoms with van der Waals surface area (Å²) >= 11 is 0. The number of carboxylic acid groups (broad SMARTS) is 1. The van der Waals surface area contributed by atoms with Crippen molar-refractivity contribution in [1.82, 2.24) is 0 Å². The Hall–Kier alpha value is -3.29. The zero-order valence-corrected chi connectivity index (χ0v) is 22.9. The number of benzene rings is 3. The van der Waals surface area contributed by atoms with Crippen LogP contribution in [-0.2, 0) is 30.6 Å². The lowest BCUT2D eigenvalue weighted by Crippen LogP contribution is -2.61. The second kappa shape index (κ2) is 12.7. The summed E-state index contributed by atoms with van der Waals surface area (Å²) in [5.41, 5.74) is -3.33. The molecule has 0 aliphatic heterocycles. The molecule has 41 heavy (non-hydrogen) atoms. The Bertz CT molecular complexity index is 1330. The van der Waals surface area contributed by atoms with Crippen molar-refractivity contribution in [2.24, 2.45) is 11.3 Å². The topological polar surface area (TPSA) is 112 Å². The van der Waals surface area contributed by atoms with E-state index in [0.717, 1.165) is 0 Å². The highest BCUT2D eigenvalue weighted by Crippen LogP contribution is 2.55. The van der Waals surface area contributed by atoms with Gasteiger partial charge in [-0.1, -0.05) is 54.6 Å². The van der Waals surface area contributed by atoms with Gasteiger partial charge >= 0.3 is 21.5 Å². The number of halogens is 5. The highest BCUT2D eigenvalue weighted by Gasteiger charge is 2.71. The van der Waals surface area contributed by atoms with Gasteiger partial charge in [-0.2, -0.15) is 30.4 Å². The SMILES string of the molecule is O=C1CCC(C(=O)[O-])(C(C(F)(F)F)C(F)(F)S(=O)(=O)O)CC1.c1ccc([S+](c2ccccc2)c2ccccc2)cc1. The Kier molecular flexibility index (Phi) is 9.98. The molecule has 1 aliphatic rings. The van der Waals surface area contributed by atoms with E-state index in [2.05, 4.69) is 91.0 Å². The van der Waals surface area contributed by atoms with Crippen LogP contribution in [0.4, 0.5) is 22.0 Å². The molecule has 0 spiro atoms. The van der Waals surface area contributed by atoms with E-state index >= 15 is 0 Å². The van der Waals surface area contributed by atoms with E-state index in [-0.39, 0.29) is 10.9 Å². The van der Waals surface area contributed by atoms with Crippen LogP contribution >= 0.6 is 0 Å². The molecule has 0 amide bonds. The molecule has 0 bridgehead atoms. The van der Waals surface area contributed by atoms with Crippen molar-refractivity contribution in [3.05, 3.63) is 91.0 Å². The third-order valence-electron chi connectivity index (χ3n) is 6.60. The highest BCUT2D eigenvalue weighted by atomic mass is 32.2.